The second kappa shape index (κ2) is 19.1. The van der Waals surface area contributed by atoms with Crippen molar-refractivity contribution in [3.63, 3.8) is 0 Å². The average Bonchev–Trinajstić information content (AvgIpc) is 3.90. The molecule has 9 aromatic heterocycles. The van der Waals surface area contributed by atoms with Crippen LogP contribution in [0.15, 0.2) is 190 Å². The van der Waals surface area contributed by atoms with Crippen LogP contribution in [0.2, 0.25) is 0 Å². The van der Waals surface area contributed by atoms with Gasteiger partial charge in [-0.05, 0) is 132 Å². The third-order valence-electron chi connectivity index (χ3n) is 15.3. The fourth-order valence-electron chi connectivity index (χ4n) is 11.2. The van der Waals surface area contributed by atoms with Crippen LogP contribution in [0.1, 0.15) is 43.1 Å². The van der Waals surface area contributed by atoms with Crippen molar-refractivity contribution in [2.24, 2.45) is 21.1 Å². The molecule has 15 aromatic rings. The number of fused-ring (bicyclic) bond motifs is 12. The lowest BCUT2D eigenvalue weighted by Gasteiger charge is -2.05. The number of nitrogens with zero attached hydrogens (tertiary/aromatic N) is 6. The van der Waals surface area contributed by atoms with E-state index in [2.05, 4.69) is 173 Å². The summed E-state index contributed by atoms with van der Waals surface area (Å²) in [6, 6.07) is 53.4. The molecule has 0 aliphatic rings. The highest BCUT2D eigenvalue weighted by molar-refractivity contribution is 6.08. The maximum absolute atomic E-state index is 7.64. The van der Waals surface area contributed by atoms with Gasteiger partial charge in [0.05, 0.1) is 34.7 Å². The minimum Gasteiger partial charge on any atom is -0.454 e. The molecule has 0 bridgehead atoms. The molecular formula is C70H59N6O3+3. The standard InChI is InChI=1S/2C24H21N2O.C22H17N2O/c2*1-14-5-7-18(16(3)9-14)21-12-22-19(13-26(21)4)24-23(27-22)11-17-10-15(2)6-8-20(17)25-24;1-14-7-3-5-9-16(14)19-12-20-17(13-24(19)2)22-21(25-20)11-15-8-4-6-10-18(15)23-22/h2*5-13H,1-4H3;3-13H,1-2H3/q3*+1/i1D3;;. The zero-order valence-electron chi connectivity index (χ0n) is 48.7. The lowest BCUT2D eigenvalue weighted by atomic mass is 10.0. The van der Waals surface area contributed by atoms with Gasteiger partial charge in [0.15, 0.2) is 35.3 Å². The van der Waals surface area contributed by atoms with Gasteiger partial charge >= 0.3 is 0 Å². The molecule has 0 N–H and O–H groups in total. The molecule has 0 amide bonds. The molecule has 0 aliphatic carbocycles. The van der Waals surface area contributed by atoms with Gasteiger partial charge in [-0.1, -0.05) is 95.1 Å². The van der Waals surface area contributed by atoms with E-state index in [4.69, 9.17) is 32.3 Å². The Morgan fingerprint density at radius 2 is 0.722 bits per heavy atom. The Balaban J connectivity index is 0.000000116. The Morgan fingerprint density at radius 3 is 1.19 bits per heavy atom. The summed E-state index contributed by atoms with van der Waals surface area (Å²) in [6.45, 7) is 10.4. The molecule has 9 heteroatoms. The predicted molar refractivity (Wildman–Crippen MR) is 320 cm³/mol. The van der Waals surface area contributed by atoms with Gasteiger partial charge < -0.3 is 13.3 Å². The first-order valence-corrected chi connectivity index (χ1v) is 26.5. The topological polar surface area (TPSA) is 89.7 Å². The largest absolute Gasteiger partial charge is 0.454 e. The first-order valence-electron chi connectivity index (χ1n) is 28.0. The van der Waals surface area contributed by atoms with Crippen LogP contribution in [0, 0.1) is 48.4 Å². The van der Waals surface area contributed by atoms with E-state index in [1.165, 1.54) is 38.9 Å². The summed E-state index contributed by atoms with van der Waals surface area (Å²) in [7, 11) is 6.13. The monoisotopic (exact) mass is 1030 g/mol. The minimum atomic E-state index is -2.11. The van der Waals surface area contributed by atoms with Crippen LogP contribution in [0.25, 0.3) is 133 Å². The molecule has 9 nitrogen and oxygen atoms in total. The number of aryl methyl sites for hydroxylation is 10. The summed E-state index contributed by atoms with van der Waals surface area (Å²) in [5.74, 6) is 0. The molecule has 15 rings (SSSR count). The summed E-state index contributed by atoms with van der Waals surface area (Å²) in [4.78, 5) is 14.5. The van der Waals surface area contributed by atoms with Crippen molar-refractivity contribution in [1.82, 2.24) is 15.0 Å². The molecule has 6 aromatic carbocycles. The number of furan rings is 3. The molecule has 0 unspecified atom stereocenters. The Kier molecular flexibility index (Phi) is 11.0. The Morgan fingerprint density at radius 1 is 0.342 bits per heavy atom. The number of rotatable bonds is 3. The van der Waals surface area contributed by atoms with Crippen molar-refractivity contribution in [3.8, 4) is 33.8 Å². The Labute approximate surface area is 461 Å². The predicted octanol–water partition coefficient (Wildman–Crippen LogP) is 16.0. The number of para-hydroxylation sites is 1. The zero-order valence-corrected chi connectivity index (χ0v) is 45.7. The molecule has 9 heterocycles. The fourth-order valence-corrected chi connectivity index (χ4v) is 11.2. The summed E-state index contributed by atoms with van der Waals surface area (Å²) >= 11 is 0. The second-order valence-electron chi connectivity index (χ2n) is 21.2. The number of hydrogen-bond donors (Lipinski definition) is 0. The first-order chi connectivity index (χ1) is 39.4. The molecule has 0 spiro atoms. The van der Waals surface area contributed by atoms with E-state index in [1.54, 1.807) is 12.1 Å². The Bertz CT molecular complexity index is 5110. The van der Waals surface area contributed by atoms with E-state index in [0.717, 1.165) is 127 Å². The zero-order chi connectivity index (χ0) is 56.9. The molecule has 0 radical (unpaired) electrons. The molecular weight excluding hydrogens is 973 g/mol. The highest BCUT2D eigenvalue weighted by Gasteiger charge is 2.23. The van der Waals surface area contributed by atoms with Crippen LogP contribution in [-0.2, 0) is 21.1 Å². The van der Waals surface area contributed by atoms with Crippen molar-refractivity contribution in [2.45, 2.75) is 48.4 Å². The second-order valence-corrected chi connectivity index (χ2v) is 21.2. The normalized spacial score (nSPS) is 12.4. The summed E-state index contributed by atoms with van der Waals surface area (Å²) < 4.78 is 47.8. The van der Waals surface area contributed by atoms with Gasteiger partial charge in [-0.15, -0.1) is 0 Å². The van der Waals surface area contributed by atoms with Gasteiger partial charge in [0.25, 0.3) is 0 Å². The first kappa shape index (κ1) is 45.6. The van der Waals surface area contributed by atoms with Crippen molar-refractivity contribution < 1.29 is 31.1 Å². The summed E-state index contributed by atoms with van der Waals surface area (Å²) in [5, 5.41) is 6.31. The third kappa shape index (κ3) is 8.87. The van der Waals surface area contributed by atoms with Crippen LogP contribution >= 0.6 is 0 Å². The maximum atomic E-state index is 7.64. The number of aromatic nitrogens is 6. The minimum absolute atomic E-state index is 0.349. The highest BCUT2D eigenvalue weighted by atomic mass is 16.3. The lowest BCUT2D eigenvalue weighted by Crippen LogP contribution is -2.30. The highest BCUT2D eigenvalue weighted by Crippen LogP contribution is 2.36. The smallest absolute Gasteiger partial charge is 0.216 e. The summed E-state index contributed by atoms with van der Waals surface area (Å²) in [6.07, 6.45) is 6.27. The van der Waals surface area contributed by atoms with Crippen molar-refractivity contribution >= 4 is 98.9 Å². The summed E-state index contributed by atoms with van der Waals surface area (Å²) in [5.41, 5.74) is 24.6. The van der Waals surface area contributed by atoms with Gasteiger partial charge in [-0.3, -0.25) is 0 Å². The van der Waals surface area contributed by atoms with Crippen LogP contribution in [0.4, 0.5) is 0 Å². The van der Waals surface area contributed by atoms with Crippen molar-refractivity contribution in [3.05, 3.63) is 215 Å². The van der Waals surface area contributed by atoms with Gasteiger partial charge in [0.2, 0.25) is 17.1 Å². The van der Waals surface area contributed by atoms with E-state index in [0.29, 0.717) is 5.56 Å². The quantitative estimate of drug-likeness (QED) is 0.164. The average molecular weight is 1040 g/mol. The molecule has 79 heavy (non-hydrogen) atoms. The molecule has 0 atom stereocenters. The number of pyridine rings is 6. The van der Waals surface area contributed by atoms with E-state index in [9.17, 15) is 0 Å². The van der Waals surface area contributed by atoms with Crippen molar-refractivity contribution in [1.29, 1.82) is 0 Å². The number of hydrogen-bond acceptors (Lipinski definition) is 6. The SMILES string of the molecule is Cc1ccc(-c2cc3oc4cc5cc(C)ccc5nc4c3c[n+]2C)c(C)c1.Cc1ccccc1-c1cc2oc3cc4ccccc4nc3c2c[n+]1C.[2H]C([2H])([2H])c1ccc(-c2cc3oc4cc5cc(C)ccc5nc4c3c[n+]2C)c(C)c1. The van der Waals surface area contributed by atoms with Crippen LogP contribution in [0.5, 0.6) is 0 Å². The van der Waals surface area contributed by atoms with Crippen molar-refractivity contribution in [2.75, 3.05) is 0 Å². The molecule has 384 valence electrons. The van der Waals surface area contributed by atoms with Gasteiger partial charge in [0.1, 0.15) is 70.6 Å². The van der Waals surface area contributed by atoms with Gasteiger partial charge in [-0.25, -0.2) is 28.7 Å². The van der Waals surface area contributed by atoms with E-state index >= 15 is 0 Å². The van der Waals surface area contributed by atoms with Crippen LogP contribution < -0.4 is 13.7 Å². The maximum Gasteiger partial charge on any atom is 0.216 e. The third-order valence-corrected chi connectivity index (χ3v) is 15.3. The number of benzene rings is 6. The molecule has 0 saturated carbocycles. The van der Waals surface area contributed by atoms with E-state index < -0.39 is 6.85 Å². The molecule has 0 aliphatic heterocycles. The lowest BCUT2D eigenvalue weighted by molar-refractivity contribution is -0.659. The molecule has 0 saturated heterocycles. The van der Waals surface area contributed by atoms with Crippen LogP contribution in [0.3, 0.4) is 0 Å². The van der Waals surface area contributed by atoms with E-state index in [-0.39, 0.29) is 0 Å². The van der Waals surface area contributed by atoms with Gasteiger partial charge in [-0.2, -0.15) is 0 Å². The molecule has 0 fully saturated rings. The van der Waals surface area contributed by atoms with Gasteiger partial charge in [0, 0.05) is 37.0 Å². The van der Waals surface area contributed by atoms with E-state index in [1.807, 2.05) is 67.2 Å². The Hall–Kier alpha value is -9.60. The fraction of sp³-hybridized carbons (Fsp3) is 0.143. The van der Waals surface area contributed by atoms with Crippen LogP contribution in [-0.4, -0.2) is 15.0 Å².